The monoisotopic (exact) mass is 292 g/mol. The molecule has 1 aliphatic heterocycles. The Labute approximate surface area is 127 Å². The van der Waals surface area contributed by atoms with E-state index >= 15 is 0 Å². The first kappa shape index (κ1) is 15.9. The highest BCUT2D eigenvalue weighted by atomic mass is 16.5. The summed E-state index contributed by atoms with van der Waals surface area (Å²) in [5.74, 6) is 3.13. The number of nitrogens with one attached hydrogen (secondary N) is 1. The second-order valence-corrected chi connectivity index (χ2v) is 6.24. The lowest BCUT2D eigenvalue weighted by molar-refractivity contribution is 0.273. The number of nitrogens with zero attached hydrogens (tertiary/aromatic N) is 3. The summed E-state index contributed by atoms with van der Waals surface area (Å²) in [5, 5.41) is 7.54. The molecule has 1 unspecified atom stereocenters. The van der Waals surface area contributed by atoms with Gasteiger partial charge >= 0.3 is 0 Å². The van der Waals surface area contributed by atoms with Crippen LogP contribution >= 0.6 is 0 Å². The van der Waals surface area contributed by atoms with Gasteiger partial charge in [0.2, 0.25) is 0 Å². The number of piperidine rings is 1. The van der Waals surface area contributed by atoms with Crippen LogP contribution in [-0.2, 0) is 0 Å². The van der Waals surface area contributed by atoms with Gasteiger partial charge in [-0.1, -0.05) is 19.0 Å². The molecule has 1 N–H and O–H groups in total. The summed E-state index contributed by atoms with van der Waals surface area (Å²) in [6.07, 6.45) is 2.50. The van der Waals surface area contributed by atoms with E-state index in [9.17, 15) is 0 Å². The molecule has 1 aromatic rings. The van der Waals surface area contributed by atoms with Crippen LogP contribution in [0.1, 0.15) is 49.6 Å². The van der Waals surface area contributed by atoms with Gasteiger partial charge in [0.05, 0.1) is 5.69 Å². The van der Waals surface area contributed by atoms with Crippen LogP contribution in [0.3, 0.4) is 0 Å². The second kappa shape index (κ2) is 6.96. The molecule has 0 aromatic carbocycles. The van der Waals surface area contributed by atoms with Gasteiger partial charge in [0.1, 0.15) is 5.76 Å². The van der Waals surface area contributed by atoms with Gasteiger partial charge in [0.15, 0.2) is 5.96 Å². The van der Waals surface area contributed by atoms with E-state index in [0.717, 1.165) is 43.0 Å². The predicted octanol–water partition coefficient (Wildman–Crippen LogP) is 2.70. The lowest BCUT2D eigenvalue weighted by atomic mass is 9.99. The van der Waals surface area contributed by atoms with E-state index in [1.807, 2.05) is 20.9 Å². The molecule has 1 aromatic heterocycles. The molecular formula is C16H28N4O. The van der Waals surface area contributed by atoms with Gasteiger partial charge in [-0.2, -0.15) is 0 Å². The predicted molar refractivity (Wildman–Crippen MR) is 85.7 cm³/mol. The molecule has 1 saturated heterocycles. The summed E-state index contributed by atoms with van der Waals surface area (Å²) in [5.41, 5.74) is 2.20. The minimum atomic E-state index is 0.358. The minimum absolute atomic E-state index is 0.358. The molecule has 5 nitrogen and oxygen atoms in total. The average molecular weight is 292 g/mol. The minimum Gasteiger partial charge on any atom is -0.361 e. The van der Waals surface area contributed by atoms with Crippen LogP contribution in [0.5, 0.6) is 0 Å². The third-order valence-corrected chi connectivity index (χ3v) is 4.44. The summed E-state index contributed by atoms with van der Waals surface area (Å²) < 4.78 is 5.26. The molecule has 2 heterocycles. The van der Waals surface area contributed by atoms with Crippen LogP contribution < -0.4 is 5.32 Å². The molecule has 21 heavy (non-hydrogen) atoms. The van der Waals surface area contributed by atoms with Crippen LogP contribution in [0.25, 0.3) is 0 Å². The van der Waals surface area contributed by atoms with Crippen molar-refractivity contribution in [3.8, 4) is 0 Å². The summed E-state index contributed by atoms with van der Waals surface area (Å²) in [6, 6.07) is 0. The number of hydrogen-bond acceptors (Lipinski definition) is 3. The number of rotatable bonds is 3. The zero-order chi connectivity index (χ0) is 15.4. The van der Waals surface area contributed by atoms with E-state index in [0.29, 0.717) is 5.92 Å². The van der Waals surface area contributed by atoms with Gasteiger partial charge in [-0.05, 0) is 32.6 Å². The molecule has 0 saturated carbocycles. The molecule has 0 radical (unpaired) electrons. The van der Waals surface area contributed by atoms with Gasteiger partial charge in [0, 0.05) is 38.2 Å². The highest BCUT2D eigenvalue weighted by Crippen LogP contribution is 2.22. The maximum absolute atomic E-state index is 5.26. The van der Waals surface area contributed by atoms with Gasteiger partial charge in [0.25, 0.3) is 0 Å². The molecule has 0 spiro atoms. The molecule has 1 fully saturated rings. The smallest absolute Gasteiger partial charge is 0.193 e. The Morgan fingerprint density at radius 1 is 1.43 bits per heavy atom. The Morgan fingerprint density at radius 2 is 2.10 bits per heavy atom. The summed E-state index contributed by atoms with van der Waals surface area (Å²) in [4.78, 5) is 6.79. The molecule has 0 aliphatic carbocycles. The van der Waals surface area contributed by atoms with E-state index in [-0.39, 0.29) is 0 Å². The van der Waals surface area contributed by atoms with E-state index in [1.54, 1.807) is 0 Å². The zero-order valence-corrected chi connectivity index (χ0v) is 13.9. The Morgan fingerprint density at radius 3 is 2.62 bits per heavy atom. The molecule has 2 rings (SSSR count). The lowest BCUT2D eigenvalue weighted by Gasteiger charge is -2.33. The normalized spacial score (nSPS) is 18.9. The van der Waals surface area contributed by atoms with Crippen LogP contribution in [0, 0.1) is 19.8 Å². The first-order chi connectivity index (χ1) is 10.0. The van der Waals surface area contributed by atoms with E-state index in [1.165, 1.54) is 18.4 Å². The molecule has 1 atom stereocenters. The standard InChI is InChI=1S/C16H28N4O/c1-11-6-8-20(9-7-11)16(17-5)18-10-12(2)15-13(3)19-21-14(15)4/h11-12H,6-10H2,1-5H3,(H,17,18). The zero-order valence-electron chi connectivity index (χ0n) is 13.9. The third kappa shape index (κ3) is 3.77. The number of likely N-dealkylation sites (tertiary alicyclic amines) is 1. The van der Waals surface area contributed by atoms with Crippen molar-refractivity contribution in [1.29, 1.82) is 0 Å². The summed E-state index contributed by atoms with van der Waals surface area (Å²) >= 11 is 0. The SMILES string of the molecule is CN=C(NCC(C)c1c(C)noc1C)N1CCC(C)CC1. The Kier molecular flexibility index (Phi) is 5.26. The molecule has 1 aliphatic rings. The fourth-order valence-corrected chi connectivity index (χ4v) is 3.09. The molecule has 5 heteroatoms. The molecular weight excluding hydrogens is 264 g/mol. The first-order valence-corrected chi connectivity index (χ1v) is 7.91. The van der Waals surface area contributed by atoms with E-state index in [4.69, 9.17) is 4.52 Å². The number of guanidine groups is 1. The van der Waals surface area contributed by atoms with Crippen LogP contribution in [0.15, 0.2) is 9.52 Å². The maximum atomic E-state index is 5.26. The number of aryl methyl sites for hydroxylation is 2. The van der Waals surface area contributed by atoms with Crippen molar-refractivity contribution in [2.24, 2.45) is 10.9 Å². The fraction of sp³-hybridized carbons (Fsp3) is 0.750. The third-order valence-electron chi connectivity index (χ3n) is 4.44. The van der Waals surface area contributed by atoms with Crippen molar-refractivity contribution in [3.05, 3.63) is 17.0 Å². The van der Waals surface area contributed by atoms with Gasteiger partial charge in [-0.25, -0.2) is 0 Å². The van der Waals surface area contributed by atoms with Crippen molar-refractivity contribution in [2.45, 2.75) is 46.5 Å². The van der Waals surface area contributed by atoms with Gasteiger partial charge in [-0.15, -0.1) is 0 Å². The van der Waals surface area contributed by atoms with Crippen LogP contribution in [-0.4, -0.2) is 42.7 Å². The summed E-state index contributed by atoms with van der Waals surface area (Å²) in [6.45, 7) is 11.6. The van der Waals surface area contributed by atoms with Crippen molar-refractivity contribution < 1.29 is 4.52 Å². The average Bonchev–Trinajstić information content (AvgIpc) is 2.80. The molecule has 0 amide bonds. The number of hydrogen-bond donors (Lipinski definition) is 1. The molecule has 0 bridgehead atoms. The Balaban J connectivity index is 1.92. The van der Waals surface area contributed by atoms with Gasteiger partial charge in [-0.3, -0.25) is 4.99 Å². The van der Waals surface area contributed by atoms with Gasteiger partial charge < -0.3 is 14.7 Å². The largest absolute Gasteiger partial charge is 0.361 e. The lowest BCUT2D eigenvalue weighted by Crippen LogP contribution is -2.46. The Hall–Kier alpha value is -1.52. The molecule has 118 valence electrons. The number of aliphatic imine (C=N–C) groups is 1. The quantitative estimate of drug-likeness (QED) is 0.687. The summed E-state index contributed by atoms with van der Waals surface area (Å²) in [7, 11) is 1.86. The van der Waals surface area contributed by atoms with Crippen LogP contribution in [0.2, 0.25) is 0 Å². The van der Waals surface area contributed by atoms with E-state index in [2.05, 4.69) is 34.2 Å². The van der Waals surface area contributed by atoms with Crippen molar-refractivity contribution in [3.63, 3.8) is 0 Å². The van der Waals surface area contributed by atoms with Crippen molar-refractivity contribution >= 4 is 5.96 Å². The van der Waals surface area contributed by atoms with Crippen LogP contribution in [0.4, 0.5) is 0 Å². The number of aromatic nitrogens is 1. The topological polar surface area (TPSA) is 53.7 Å². The Bertz CT molecular complexity index is 467. The van der Waals surface area contributed by atoms with E-state index < -0.39 is 0 Å². The highest BCUT2D eigenvalue weighted by Gasteiger charge is 2.20. The fourth-order valence-electron chi connectivity index (χ4n) is 3.09. The maximum Gasteiger partial charge on any atom is 0.193 e. The highest BCUT2D eigenvalue weighted by molar-refractivity contribution is 5.80. The van der Waals surface area contributed by atoms with Crippen molar-refractivity contribution in [2.75, 3.05) is 26.7 Å². The first-order valence-electron chi connectivity index (χ1n) is 7.91. The van der Waals surface area contributed by atoms with Crippen molar-refractivity contribution in [1.82, 2.24) is 15.4 Å². The second-order valence-electron chi connectivity index (χ2n) is 6.24.